The van der Waals surface area contributed by atoms with Gasteiger partial charge in [0.05, 0.1) is 0 Å². The van der Waals surface area contributed by atoms with Gasteiger partial charge in [0.15, 0.2) is 18.5 Å². The van der Waals surface area contributed by atoms with Crippen LogP contribution < -0.4 is 0 Å². The molecule has 9 heteroatoms. The monoisotopic (exact) mass is 292 g/mol. The number of esters is 2. The molecule has 0 fully saturated rings. The summed E-state index contributed by atoms with van der Waals surface area (Å²) in [5, 5.41) is 17.1. The number of ketones is 1. The molecule has 114 valence electrons. The van der Waals surface area contributed by atoms with E-state index >= 15 is 0 Å². The number of hydrogen-bond acceptors (Lipinski definition) is 8. The van der Waals surface area contributed by atoms with E-state index in [2.05, 4.69) is 14.2 Å². The van der Waals surface area contributed by atoms with Gasteiger partial charge >= 0.3 is 17.9 Å². The second-order valence-electron chi connectivity index (χ2n) is 3.77. The Morgan fingerprint density at radius 3 is 2.15 bits per heavy atom. The molecule has 0 aliphatic carbocycles. The first-order valence-corrected chi connectivity index (χ1v) is 5.60. The summed E-state index contributed by atoms with van der Waals surface area (Å²) in [5.41, 5.74) is 0. The van der Waals surface area contributed by atoms with E-state index in [1.54, 1.807) is 0 Å². The Labute approximate surface area is 114 Å². The molecule has 0 heterocycles. The molecule has 0 rings (SSSR count). The van der Waals surface area contributed by atoms with Gasteiger partial charge < -0.3 is 24.4 Å². The largest absolute Gasteiger partial charge is 0.479 e. The van der Waals surface area contributed by atoms with Crippen LogP contribution in [0.3, 0.4) is 0 Å². The highest BCUT2D eigenvalue weighted by Crippen LogP contribution is 1.98. The lowest BCUT2D eigenvalue weighted by molar-refractivity contribution is -0.164. The zero-order chi connectivity index (χ0) is 15.7. The summed E-state index contributed by atoms with van der Waals surface area (Å²) in [5.74, 6) is -3.82. The first-order valence-electron chi connectivity index (χ1n) is 5.60. The van der Waals surface area contributed by atoms with E-state index in [1.807, 2.05) is 0 Å². The van der Waals surface area contributed by atoms with Gasteiger partial charge in [0.2, 0.25) is 0 Å². The maximum Gasteiger partial charge on any atom is 0.341 e. The van der Waals surface area contributed by atoms with Gasteiger partial charge in [0, 0.05) is 0 Å². The third-order valence-electron chi connectivity index (χ3n) is 1.91. The molecule has 0 aliphatic heterocycles. The van der Waals surface area contributed by atoms with Gasteiger partial charge in [-0.25, -0.2) is 14.4 Å². The Morgan fingerprint density at radius 1 is 1.05 bits per heavy atom. The summed E-state index contributed by atoms with van der Waals surface area (Å²) in [4.78, 5) is 43.4. The molecular weight excluding hydrogens is 276 g/mol. The summed E-state index contributed by atoms with van der Waals surface area (Å²) < 4.78 is 13.5. The molecular formula is C11H16O9. The number of aliphatic hydroxyl groups excluding tert-OH is 1. The van der Waals surface area contributed by atoms with Crippen LogP contribution >= 0.6 is 0 Å². The van der Waals surface area contributed by atoms with Crippen LogP contribution in [0.5, 0.6) is 0 Å². The van der Waals surface area contributed by atoms with Crippen LogP contribution in [0.1, 0.15) is 13.8 Å². The molecule has 0 aliphatic rings. The Morgan fingerprint density at radius 2 is 1.65 bits per heavy atom. The highest BCUT2D eigenvalue weighted by molar-refractivity contribution is 5.87. The van der Waals surface area contributed by atoms with E-state index in [0.717, 1.165) is 0 Å². The van der Waals surface area contributed by atoms with Crippen molar-refractivity contribution in [3.63, 3.8) is 0 Å². The van der Waals surface area contributed by atoms with Gasteiger partial charge in [-0.15, -0.1) is 0 Å². The van der Waals surface area contributed by atoms with E-state index in [9.17, 15) is 19.2 Å². The van der Waals surface area contributed by atoms with Crippen LogP contribution in [0, 0.1) is 0 Å². The minimum atomic E-state index is -1.35. The Bertz CT molecular complexity index is 374. The fourth-order valence-corrected chi connectivity index (χ4v) is 0.875. The normalized spacial score (nSPS) is 13.2. The van der Waals surface area contributed by atoms with Crippen molar-refractivity contribution < 1.29 is 43.6 Å². The van der Waals surface area contributed by atoms with Gasteiger partial charge in [0.1, 0.15) is 19.3 Å². The van der Waals surface area contributed by atoms with Gasteiger partial charge in [-0.2, -0.15) is 0 Å². The van der Waals surface area contributed by atoms with Gasteiger partial charge in [-0.05, 0) is 13.8 Å². The molecule has 0 radical (unpaired) electrons. The van der Waals surface area contributed by atoms with E-state index in [1.165, 1.54) is 13.8 Å². The predicted octanol–water partition coefficient (Wildman–Crippen LogP) is -1.49. The molecule has 0 spiro atoms. The van der Waals surface area contributed by atoms with Crippen molar-refractivity contribution >= 4 is 23.7 Å². The number of hydrogen-bond donors (Lipinski definition) is 2. The van der Waals surface area contributed by atoms with Crippen LogP contribution in [0.25, 0.3) is 0 Å². The molecule has 2 unspecified atom stereocenters. The average Bonchev–Trinajstić information content (AvgIpc) is 2.35. The SMILES string of the molecule is CC(O)C(=O)OC(C)C(=O)COCC(=O)OCC(=O)O. The standard InChI is InChI=1S/C11H16O9/c1-6(12)11(17)20-7(2)8(13)3-18-5-10(16)19-4-9(14)15/h6-7,12H,3-5H2,1-2H3,(H,14,15). The number of ether oxygens (including phenoxy) is 3. The number of carboxylic acids is 1. The van der Waals surface area contributed by atoms with Gasteiger partial charge in [-0.3, -0.25) is 4.79 Å². The second kappa shape index (κ2) is 8.99. The minimum Gasteiger partial charge on any atom is -0.479 e. The Hall–Kier alpha value is -2.00. The molecule has 2 atom stereocenters. The molecule has 0 bridgehead atoms. The predicted molar refractivity (Wildman–Crippen MR) is 61.7 cm³/mol. The van der Waals surface area contributed by atoms with Crippen LogP contribution in [-0.4, -0.2) is 65.9 Å². The number of Topliss-reactive ketones (excluding diaryl/α,β-unsaturated/α-hetero) is 1. The number of aliphatic carboxylic acids is 1. The van der Waals surface area contributed by atoms with Crippen molar-refractivity contribution in [1.29, 1.82) is 0 Å². The number of carboxylic acid groups (broad SMARTS) is 1. The maximum absolute atomic E-state index is 11.4. The highest BCUT2D eigenvalue weighted by Gasteiger charge is 2.20. The molecule has 0 aromatic carbocycles. The van der Waals surface area contributed by atoms with E-state index in [4.69, 9.17) is 10.2 Å². The lowest BCUT2D eigenvalue weighted by atomic mass is 10.2. The van der Waals surface area contributed by atoms with Crippen molar-refractivity contribution in [2.45, 2.75) is 26.1 Å². The fourth-order valence-electron chi connectivity index (χ4n) is 0.875. The zero-order valence-electron chi connectivity index (χ0n) is 11.0. The molecule has 9 nitrogen and oxygen atoms in total. The molecule has 2 N–H and O–H groups in total. The first kappa shape index (κ1) is 18.0. The van der Waals surface area contributed by atoms with Crippen LogP contribution in [-0.2, 0) is 33.4 Å². The molecule has 20 heavy (non-hydrogen) atoms. The number of carbonyl (C=O) groups is 4. The van der Waals surface area contributed by atoms with E-state index < -0.39 is 55.7 Å². The van der Waals surface area contributed by atoms with Crippen molar-refractivity contribution in [1.82, 2.24) is 0 Å². The van der Waals surface area contributed by atoms with Gasteiger partial charge in [0.25, 0.3) is 0 Å². The lowest BCUT2D eigenvalue weighted by Crippen LogP contribution is -2.32. The topological polar surface area (TPSA) is 136 Å². The smallest absolute Gasteiger partial charge is 0.341 e. The second-order valence-corrected chi connectivity index (χ2v) is 3.77. The molecule has 0 saturated heterocycles. The van der Waals surface area contributed by atoms with Crippen LogP contribution in [0.4, 0.5) is 0 Å². The molecule has 0 amide bonds. The van der Waals surface area contributed by atoms with Crippen molar-refractivity contribution in [2.75, 3.05) is 19.8 Å². The zero-order valence-corrected chi connectivity index (χ0v) is 11.0. The summed E-state index contributed by atoms with van der Waals surface area (Å²) in [6.45, 7) is 0.564. The van der Waals surface area contributed by atoms with Crippen LogP contribution in [0.15, 0.2) is 0 Å². The average molecular weight is 292 g/mol. The van der Waals surface area contributed by atoms with Gasteiger partial charge in [-0.1, -0.05) is 0 Å². The summed E-state index contributed by atoms with van der Waals surface area (Å²) >= 11 is 0. The summed E-state index contributed by atoms with van der Waals surface area (Å²) in [6, 6.07) is 0. The van der Waals surface area contributed by atoms with Crippen molar-refractivity contribution in [3.05, 3.63) is 0 Å². The first-order chi connectivity index (χ1) is 9.23. The lowest BCUT2D eigenvalue weighted by Gasteiger charge is -2.13. The third kappa shape index (κ3) is 8.16. The summed E-state index contributed by atoms with van der Waals surface area (Å²) in [6.07, 6.45) is -2.48. The number of carbonyl (C=O) groups excluding carboxylic acids is 3. The molecule has 0 saturated carbocycles. The number of rotatable bonds is 9. The van der Waals surface area contributed by atoms with E-state index in [0.29, 0.717) is 0 Å². The third-order valence-corrected chi connectivity index (χ3v) is 1.91. The molecule has 0 aromatic rings. The summed E-state index contributed by atoms with van der Waals surface area (Å²) in [7, 11) is 0. The maximum atomic E-state index is 11.4. The Kier molecular flexibility index (Phi) is 8.09. The van der Waals surface area contributed by atoms with Crippen LogP contribution in [0.2, 0.25) is 0 Å². The minimum absolute atomic E-state index is 0.517. The van der Waals surface area contributed by atoms with E-state index in [-0.39, 0.29) is 0 Å². The molecule has 0 aromatic heterocycles. The number of aliphatic hydroxyl groups is 1. The highest BCUT2D eigenvalue weighted by atomic mass is 16.6. The van der Waals surface area contributed by atoms with Crippen molar-refractivity contribution in [2.24, 2.45) is 0 Å². The quantitative estimate of drug-likeness (QED) is 0.487. The fraction of sp³-hybridized carbons (Fsp3) is 0.636. The Balaban J connectivity index is 3.90. The van der Waals surface area contributed by atoms with Crippen molar-refractivity contribution in [3.8, 4) is 0 Å².